The number of nitrogens with zero attached hydrogens (tertiary/aromatic N) is 1. The van der Waals surface area contributed by atoms with Gasteiger partial charge < -0.3 is 10.1 Å². The molecule has 3 nitrogen and oxygen atoms in total. The third-order valence-corrected chi connectivity index (χ3v) is 3.78. The van der Waals surface area contributed by atoms with E-state index >= 15 is 0 Å². The molecule has 0 radical (unpaired) electrons. The third-order valence-electron chi connectivity index (χ3n) is 3.78. The normalized spacial score (nSPS) is 15.1. The summed E-state index contributed by atoms with van der Waals surface area (Å²) in [6.45, 7) is 7.28. The average Bonchev–Trinajstić information content (AvgIpc) is 3.25. The van der Waals surface area contributed by atoms with Crippen LogP contribution in [0.25, 0.3) is 0 Å². The first kappa shape index (κ1) is 14.5. The zero-order chi connectivity index (χ0) is 13.5. The van der Waals surface area contributed by atoms with E-state index in [4.69, 9.17) is 4.74 Å². The lowest BCUT2D eigenvalue weighted by atomic mass is 10.1. The SMILES string of the molecule is CCN(CCNCc1ccccc1COC)C1CC1. The van der Waals surface area contributed by atoms with Crippen molar-refractivity contribution in [3.63, 3.8) is 0 Å². The molecule has 0 bridgehead atoms. The van der Waals surface area contributed by atoms with Crippen molar-refractivity contribution in [2.45, 2.75) is 39.0 Å². The summed E-state index contributed by atoms with van der Waals surface area (Å²) >= 11 is 0. The zero-order valence-electron chi connectivity index (χ0n) is 12.2. The van der Waals surface area contributed by atoms with Gasteiger partial charge in [-0.15, -0.1) is 0 Å². The molecule has 0 amide bonds. The molecule has 2 rings (SSSR count). The molecule has 106 valence electrons. The molecule has 1 aliphatic carbocycles. The fourth-order valence-electron chi connectivity index (χ4n) is 2.51. The van der Waals surface area contributed by atoms with Crippen LogP contribution in [0, 0.1) is 0 Å². The van der Waals surface area contributed by atoms with E-state index in [1.165, 1.54) is 30.5 Å². The van der Waals surface area contributed by atoms with Crippen LogP contribution < -0.4 is 5.32 Å². The molecule has 0 atom stereocenters. The predicted octanol–water partition coefficient (Wildman–Crippen LogP) is 2.41. The number of hydrogen-bond donors (Lipinski definition) is 1. The fourth-order valence-corrected chi connectivity index (χ4v) is 2.51. The summed E-state index contributed by atoms with van der Waals surface area (Å²) in [6.07, 6.45) is 2.79. The lowest BCUT2D eigenvalue weighted by Crippen LogP contribution is -2.33. The second kappa shape index (κ2) is 7.63. The summed E-state index contributed by atoms with van der Waals surface area (Å²) < 4.78 is 5.23. The molecule has 1 saturated carbocycles. The number of likely N-dealkylation sites (N-methyl/N-ethyl adjacent to an activating group) is 1. The Morgan fingerprint density at radius 1 is 1.26 bits per heavy atom. The summed E-state index contributed by atoms with van der Waals surface area (Å²) in [7, 11) is 1.75. The van der Waals surface area contributed by atoms with Crippen LogP contribution in [0.4, 0.5) is 0 Å². The maximum Gasteiger partial charge on any atom is 0.0716 e. The van der Waals surface area contributed by atoms with Crippen molar-refractivity contribution in [2.24, 2.45) is 0 Å². The van der Waals surface area contributed by atoms with Crippen molar-refractivity contribution in [2.75, 3.05) is 26.7 Å². The van der Waals surface area contributed by atoms with Gasteiger partial charge in [0.25, 0.3) is 0 Å². The van der Waals surface area contributed by atoms with Gasteiger partial charge in [0.1, 0.15) is 0 Å². The molecule has 0 spiro atoms. The lowest BCUT2D eigenvalue weighted by Gasteiger charge is -2.20. The second-order valence-corrected chi connectivity index (χ2v) is 5.24. The Morgan fingerprint density at radius 2 is 2.00 bits per heavy atom. The maximum atomic E-state index is 5.23. The number of nitrogens with one attached hydrogen (secondary N) is 1. The van der Waals surface area contributed by atoms with Crippen LogP contribution in [0.3, 0.4) is 0 Å². The van der Waals surface area contributed by atoms with Gasteiger partial charge in [0, 0.05) is 32.8 Å². The molecule has 1 aliphatic rings. The highest BCUT2D eigenvalue weighted by molar-refractivity contribution is 5.26. The Labute approximate surface area is 116 Å². The fraction of sp³-hybridized carbons (Fsp3) is 0.625. The molecule has 0 heterocycles. The summed E-state index contributed by atoms with van der Waals surface area (Å²) in [5.74, 6) is 0. The first-order valence-corrected chi connectivity index (χ1v) is 7.35. The van der Waals surface area contributed by atoms with Gasteiger partial charge >= 0.3 is 0 Å². The van der Waals surface area contributed by atoms with E-state index in [9.17, 15) is 0 Å². The second-order valence-electron chi connectivity index (χ2n) is 5.24. The van der Waals surface area contributed by atoms with Gasteiger partial charge in [0.15, 0.2) is 0 Å². The smallest absolute Gasteiger partial charge is 0.0716 e. The summed E-state index contributed by atoms with van der Waals surface area (Å²) in [4.78, 5) is 2.58. The summed E-state index contributed by atoms with van der Waals surface area (Å²) in [6, 6.07) is 9.36. The molecule has 3 heteroatoms. The van der Waals surface area contributed by atoms with E-state index in [0.29, 0.717) is 6.61 Å². The Bertz CT molecular complexity index is 377. The van der Waals surface area contributed by atoms with Gasteiger partial charge in [-0.25, -0.2) is 0 Å². The van der Waals surface area contributed by atoms with Crippen molar-refractivity contribution in [1.82, 2.24) is 10.2 Å². The van der Waals surface area contributed by atoms with Crippen molar-refractivity contribution < 1.29 is 4.74 Å². The Kier molecular flexibility index (Phi) is 5.83. The molecule has 1 aromatic carbocycles. The first-order valence-electron chi connectivity index (χ1n) is 7.35. The van der Waals surface area contributed by atoms with Gasteiger partial charge in [-0.3, -0.25) is 4.90 Å². The van der Waals surface area contributed by atoms with Crippen LogP contribution in [0.5, 0.6) is 0 Å². The molecule has 1 N–H and O–H groups in total. The zero-order valence-corrected chi connectivity index (χ0v) is 12.2. The molecular formula is C16H26N2O. The number of ether oxygens (including phenoxy) is 1. The number of rotatable bonds is 9. The summed E-state index contributed by atoms with van der Waals surface area (Å²) in [5, 5.41) is 3.55. The average molecular weight is 262 g/mol. The van der Waals surface area contributed by atoms with Crippen LogP contribution in [-0.2, 0) is 17.9 Å². The highest BCUT2D eigenvalue weighted by atomic mass is 16.5. The van der Waals surface area contributed by atoms with Crippen molar-refractivity contribution in [3.8, 4) is 0 Å². The highest BCUT2D eigenvalue weighted by Crippen LogP contribution is 2.25. The van der Waals surface area contributed by atoms with Crippen LogP contribution in [0.15, 0.2) is 24.3 Å². The molecule has 1 fully saturated rings. The largest absolute Gasteiger partial charge is 0.380 e. The number of hydrogen-bond acceptors (Lipinski definition) is 3. The predicted molar refractivity (Wildman–Crippen MR) is 79.1 cm³/mol. The molecule has 1 aromatic rings. The van der Waals surface area contributed by atoms with Gasteiger partial charge in [-0.05, 0) is 30.5 Å². The van der Waals surface area contributed by atoms with Gasteiger partial charge in [0.05, 0.1) is 6.61 Å². The monoisotopic (exact) mass is 262 g/mol. The third kappa shape index (κ3) is 4.60. The van der Waals surface area contributed by atoms with Crippen LogP contribution >= 0.6 is 0 Å². The molecule has 0 unspecified atom stereocenters. The number of benzene rings is 1. The van der Waals surface area contributed by atoms with Crippen LogP contribution in [0.2, 0.25) is 0 Å². The van der Waals surface area contributed by atoms with Crippen molar-refractivity contribution in [1.29, 1.82) is 0 Å². The standard InChI is InChI=1S/C16H26N2O/c1-3-18(16-8-9-16)11-10-17-12-14-6-4-5-7-15(14)13-19-2/h4-7,16-17H,3,8-13H2,1-2H3. The van der Waals surface area contributed by atoms with Gasteiger partial charge in [-0.1, -0.05) is 31.2 Å². The van der Waals surface area contributed by atoms with E-state index in [2.05, 4.69) is 41.4 Å². The Hall–Kier alpha value is -0.900. The van der Waals surface area contributed by atoms with Gasteiger partial charge in [-0.2, -0.15) is 0 Å². The molecule has 0 aliphatic heterocycles. The topological polar surface area (TPSA) is 24.5 Å². The van der Waals surface area contributed by atoms with E-state index in [-0.39, 0.29) is 0 Å². The minimum Gasteiger partial charge on any atom is -0.380 e. The molecular weight excluding hydrogens is 236 g/mol. The molecule has 0 saturated heterocycles. The minimum absolute atomic E-state index is 0.695. The quantitative estimate of drug-likeness (QED) is 0.692. The van der Waals surface area contributed by atoms with Crippen molar-refractivity contribution >= 4 is 0 Å². The van der Waals surface area contributed by atoms with E-state index in [1.54, 1.807) is 7.11 Å². The number of methoxy groups -OCH3 is 1. The molecule has 0 aromatic heterocycles. The van der Waals surface area contributed by atoms with Gasteiger partial charge in [0.2, 0.25) is 0 Å². The van der Waals surface area contributed by atoms with E-state index in [1.807, 2.05) is 0 Å². The van der Waals surface area contributed by atoms with Crippen LogP contribution in [0.1, 0.15) is 30.9 Å². The summed E-state index contributed by atoms with van der Waals surface area (Å²) in [5.41, 5.74) is 2.63. The Morgan fingerprint density at radius 3 is 2.63 bits per heavy atom. The van der Waals surface area contributed by atoms with Crippen LogP contribution in [-0.4, -0.2) is 37.7 Å². The van der Waals surface area contributed by atoms with Crippen molar-refractivity contribution in [3.05, 3.63) is 35.4 Å². The minimum atomic E-state index is 0.695. The maximum absolute atomic E-state index is 5.23. The van der Waals surface area contributed by atoms with E-state index in [0.717, 1.165) is 25.7 Å². The first-order chi connectivity index (χ1) is 9.35. The van der Waals surface area contributed by atoms with E-state index < -0.39 is 0 Å². The Balaban J connectivity index is 1.72. The lowest BCUT2D eigenvalue weighted by molar-refractivity contribution is 0.184. The molecule has 19 heavy (non-hydrogen) atoms. The highest BCUT2D eigenvalue weighted by Gasteiger charge is 2.26.